The molecule has 1 aliphatic rings. The van der Waals surface area contributed by atoms with Crippen LogP contribution in [0.2, 0.25) is 6.82 Å². The van der Waals surface area contributed by atoms with E-state index in [0.29, 0.717) is 17.2 Å². The summed E-state index contributed by atoms with van der Waals surface area (Å²) in [6.45, 7) is 7.52. The first-order valence-corrected chi connectivity index (χ1v) is 7.87. The molecule has 0 aromatic heterocycles. The molecular weight excluding hydrogens is 282 g/mol. The van der Waals surface area contributed by atoms with Crippen LogP contribution in [0, 0.1) is 11.3 Å². The minimum Gasteiger partial charge on any atom is -0.386 e. The Morgan fingerprint density at radius 2 is 2.33 bits per heavy atom. The van der Waals surface area contributed by atoms with Gasteiger partial charge in [0.2, 0.25) is 0 Å². The van der Waals surface area contributed by atoms with E-state index in [0.717, 1.165) is 38.0 Å². The molecule has 0 bridgehead atoms. The van der Waals surface area contributed by atoms with Gasteiger partial charge in [0.15, 0.2) is 0 Å². The summed E-state index contributed by atoms with van der Waals surface area (Å²) in [7, 11) is 1.01. The number of allylic oxidation sites excluding steroid dienone is 1. The normalized spacial score (nSPS) is 25.1. The minimum absolute atomic E-state index is 0.109. The van der Waals surface area contributed by atoms with E-state index >= 15 is 0 Å². The van der Waals surface area contributed by atoms with Crippen molar-refractivity contribution in [1.29, 1.82) is 5.26 Å². The molecule has 1 heterocycles. The first-order valence-electron chi connectivity index (χ1n) is 7.49. The Bertz CT molecular complexity index is 482. The van der Waals surface area contributed by atoms with Crippen LogP contribution in [0.1, 0.15) is 20.3 Å². The molecule has 0 aliphatic carbocycles. The van der Waals surface area contributed by atoms with Gasteiger partial charge in [-0.1, -0.05) is 25.3 Å². The number of nitriles is 1. The maximum absolute atomic E-state index is 9.45. The van der Waals surface area contributed by atoms with Crippen LogP contribution in [-0.4, -0.2) is 37.8 Å². The van der Waals surface area contributed by atoms with Gasteiger partial charge in [0.05, 0.1) is 28.9 Å². The van der Waals surface area contributed by atoms with Crippen LogP contribution in [0.5, 0.6) is 0 Å². The molecule has 1 unspecified atom stereocenters. The van der Waals surface area contributed by atoms with Crippen molar-refractivity contribution >= 4 is 18.9 Å². The van der Waals surface area contributed by atoms with Gasteiger partial charge in [0.25, 0.3) is 0 Å². The van der Waals surface area contributed by atoms with Crippen LogP contribution in [0.4, 0.5) is 0 Å². The number of nitrogens with one attached hydrogen (secondary N) is 1. The first kappa shape index (κ1) is 17.7. The fraction of sp³-hybridized carbons (Fsp3) is 0.533. The lowest BCUT2D eigenvalue weighted by molar-refractivity contribution is 0.402. The lowest BCUT2D eigenvalue weighted by atomic mass is 9.81. The monoisotopic (exact) mass is 306 g/mol. The average molecular weight is 307 g/mol. The number of nitrogens with zero attached hydrogens (tertiary/aromatic N) is 2. The van der Waals surface area contributed by atoms with E-state index in [1.807, 2.05) is 19.2 Å². The van der Waals surface area contributed by atoms with Gasteiger partial charge in [-0.25, -0.2) is 0 Å². The molecule has 21 heavy (non-hydrogen) atoms. The minimum atomic E-state index is -0.109. The summed E-state index contributed by atoms with van der Waals surface area (Å²) >= 11 is 6.52. The van der Waals surface area contributed by atoms with E-state index in [9.17, 15) is 5.26 Å². The summed E-state index contributed by atoms with van der Waals surface area (Å²) in [4.78, 5) is 2.20. The standard InChI is InChI=1S/C15H24BClN4/c1-4-5-21(10-16-3)15-13(7-18)9-20-8-12(11(2)19)6-14(15)17/h6,8,11,16,20H,4-5,9-10,19H2,1-3H3/b12-8-,14-6+,15-13-. The Morgan fingerprint density at radius 1 is 1.62 bits per heavy atom. The summed E-state index contributed by atoms with van der Waals surface area (Å²) in [6, 6.07) is 2.17. The molecule has 0 radical (unpaired) electrons. The third-order valence-corrected chi connectivity index (χ3v) is 3.61. The maximum atomic E-state index is 9.45. The van der Waals surface area contributed by atoms with Gasteiger partial charge in [-0.15, -0.1) is 0 Å². The summed E-state index contributed by atoms with van der Waals surface area (Å²) in [5, 5.41) is 13.2. The molecular formula is C15H24BClN4. The molecule has 4 nitrogen and oxygen atoms in total. The first-order chi connectivity index (χ1) is 10.0. The van der Waals surface area contributed by atoms with E-state index in [1.165, 1.54) is 0 Å². The van der Waals surface area contributed by atoms with Crippen molar-refractivity contribution in [3.05, 3.63) is 34.2 Å². The highest BCUT2D eigenvalue weighted by molar-refractivity contribution is 6.34. The van der Waals surface area contributed by atoms with Crippen molar-refractivity contribution in [2.24, 2.45) is 5.73 Å². The Hall–Kier alpha value is -1.38. The molecule has 0 aromatic rings. The Balaban J connectivity index is 3.28. The molecule has 6 heteroatoms. The van der Waals surface area contributed by atoms with Gasteiger partial charge >= 0.3 is 0 Å². The van der Waals surface area contributed by atoms with Crippen molar-refractivity contribution in [3.63, 3.8) is 0 Å². The molecule has 0 aromatic carbocycles. The second-order valence-corrected chi connectivity index (χ2v) is 5.64. The lowest BCUT2D eigenvalue weighted by Crippen LogP contribution is -2.31. The predicted molar refractivity (Wildman–Crippen MR) is 91.2 cm³/mol. The lowest BCUT2D eigenvalue weighted by Gasteiger charge is -2.29. The topological polar surface area (TPSA) is 65.1 Å². The zero-order valence-electron chi connectivity index (χ0n) is 13.1. The summed E-state index contributed by atoms with van der Waals surface area (Å²) in [5.41, 5.74) is 8.38. The van der Waals surface area contributed by atoms with Crippen molar-refractivity contribution in [2.75, 3.05) is 19.5 Å². The Morgan fingerprint density at radius 3 is 2.86 bits per heavy atom. The fourth-order valence-corrected chi connectivity index (χ4v) is 2.69. The van der Waals surface area contributed by atoms with Crippen LogP contribution in [0.15, 0.2) is 34.2 Å². The summed E-state index contributed by atoms with van der Waals surface area (Å²) in [6.07, 6.45) is 5.60. The number of halogens is 1. The van der Waals surface area contributed by atoms with Crippen LogP contribution >= 0.6 is 11.6 Å². The van der Waals surface area contributed by atoms with Gasteiger partial charge in [-0.3, -0.25) is 0 Å². The molecule has 0 fully saturated rings. The van der Waals surface area contributed by atoms with E-state index in [2.05, 4.69) is 30.0 Å². The molecule has 1 atom stereocenters. The number of hydrogen-bond acceptors (Lipinski definition) is 4. The number of hydrogen-bond donors (Lipinski definition) is 2. The smallest absolute Gasteiger partial charge is 0.142 e. The number of rotatable bonds is 6. The molecule has 0 saturated heterocycles. The molecule has 0 amide bonds. The highest BCUT2D eigenvalue weighted by atomic mass is 35.5. The second kappa shape index (κ2) is 8.81. The quantitative estimate of drug-likeness (QED) is 0.735. The third kappa shape index (κ3) is 4.84. The van der Waals surface area contributed by atoms with E-state index < -0.39 is 0 Å². The predicted octanol–water partition coefficient (Wildman–Crippen LogP) is 1.88. The van der Waals surface area contributed by atoms with Gasteiger partial charge in [0.1, 0.15) is 7.28 Å². The summed E-state index contributed by atoms with van der Waals surface area (Å²) < 4.78 is 0. The van der Waals surface area contributed by atoms with E-state index in [4.69, 9.17) is 17.3 Å². The van der Waals surface area contributed by atoms with Crippen LogP contribution in [0.25, 0.3) is 0 Å². The highest BCUT2D eigenvalue weighted by Gasteiger charge is 2.19. The van der Waals surface area contributed by atoms with Gasteiger partial charge in [-0.2, -0.15) is 5.26 Å². The maximum Gasteiger partial charge on any atom is 0.142 e. The van der Waals surface area contributed by atoms with Crippen molar-refractivity contribution in [3.8, 4) is 6.07 Å². The molecule has 0 saturated carbocycles. The van der Waals surface area contributed by atoms with Gasteiger partial charge in [-0.05, 0) is 31.4 Å². The van der Waals surface area contributed by atoms with Gasteiger partial charge < -0.3 is 16.0 Å². The average Bonchev–Trinajstić information content (AvgIpc) is 2.42. The van der Waals surface area contributed by atoms with E-state index in [-0.39, 0.29) is 6.04 Å². The van der Waals surface area contributed by atoms with Crippen molar-refractivity contribution < 1.29 is 0 Å². The van der Waals surface area contributed by atoms with E-state index in [1.54, 1.807) is 0 Å². The second-order valence-electron chi connectivity index (χ2n) is 5.23. The molecule has 114 valence electrons. The fourth-order valence-electron chi connectivity index (χ4n) is 2.33. The zero-order valence-corrected chi connectivity index (χ0v) is 13.9. The molecule has 1 rings (SSSR count). The van der Waals surface area contributed by atoms with Crippen molar-refractivity contribution in [2.45, 2.75) is 33.1 Å². The highest BCUT2D eigenvalue weighted by Crippen LogP contribution is 2.26. The largest absolute Gasteiger partial charge is 0.386 e. The summed E-state index contributed by atoms with van der Waals surface area (Å²) in [5.74, 6) is 0. The number of nitrogens with two attached hydrogens (primary N) is 1. The molecule has 3 N–H and O–H groups in total. The van der Waals surface area contributed by atoms with Crippen LogP contribution in [0.3, 0.4) is 0 Å². The molecule has 0 spiro atoms. The SMILES string of the molecule is CBCN(CCC)C1=C(/C#N)CN/C=C(C(C)N)/C=C\1Cl. The van der Waals surface area contributed by atoms with Gasteiger partial charge in [0, 0.05) is 18.8 Å². The van der Waals surface area contributed by atoms with Crippen molar-refractivity contribution in [1.82, 2.24) is 10.2 Å². The third-order valence-electron chi connectivity index (χ3n) is 3.32. The molecule has 1 aliphatic heterocycles. The zero-order chi connectivity index (χ0) is 15.8. The Kier molecular flexibility index (Phi) is 7.42. The van der Waals surface area contributed by atoms with Crippen LogP contribution < -0.4 is 11.1 Å². The Labute approximate surface area is 133 Å². The van der Waals surface area contributed by atoms with Crippen LogP contribution in [-0.2, 0) is 0 Å².